The number of hydrogen-bond acceptors (Lipinski definition) is 7. The van der Waals surface area contributed by atoms with Crippen LogP contribution in [0.3, 0.4) is 0 Å². The molecule has 8 nitrogen and oxygen atoms in total. The lowest BCUT2D eigenvalue weighted by molar-refractivity contribution is -0.384. The number of amidine groups is 1. The number of thioether (sulfide) groups is 1. The van der Waals surface area contributed by atoms with Gasteiger partial charge in [-0.1, -0.05) is 24.8 Å². The quantitative estimate of drug-likeness (QED) is 0.285. The number of benzene rings is 2. The van der Waals surface area contributed by atoms with E-state index in [2.05, 4.69) is 21.4 Å². The number of aliphatic imine (C=N–C) groups is 1. The van der Waals surface area contributed by atoms with E-state index in [4.69, 9.17) is 4.74 Å². The number of amides is 1. The molecule has 2 aromatic rings. The van der Waals surface area contributed by atoms with Crippen LogP contribution >= 0.6 is 11.8 Å². The lowest BCUT2D eigenvalue weighted by atomic mass is 10.2. The van der Waals surface area contributed by atoms with E-state index in [0.29, 0.717) is 11.5 Å². The Hall–Kier alpha value is -3.59. The number of carbonyl (C=O) groups excluding carboxylic acids is 1. The Labute approximate surface area is 190 Å². The number of piperazine rings is 1. The predicted octanol–water partition coefficient (Wildman–Crippen LogP) is 3.95. The lowest BCUT2D eigenvalue weighted by Gasteiger charge is -2.36. The maximum atomic E-state index is 12.4. The number of non-ortho nitro benzene ring substituents is 1. The smallest absolute Gasteiger partial charge is 0.286 e. The Bertz CT molecular complexity index is 1070. The number of ether oxygens (including phenoxy) is 1. The molecule has 1 fully saturated rings. The maximum Gasteiger partial charge on any atom is 0.286 e. The van der Waals surface area contributed by atoms with Crippen molar-refractivity contribution in [3.8, 4) is 5.75 Å². The van der Waals surface area contributed by atoms with Gasteiger partial charge in [-0.15, -0.1) is 0 Å². The SMILES string of the molecule is C=CCOc1ccc(/C=C2\SC(N3CCN(c4ccc([N+](=O)[O-])cc4)CC3)=NC2=O)cc1. The molecule has 1 saturated heterocycles. The van der Waals surface area contributed by atoms with Crippen LogP contribution in [0.1, 0.15) is 5.56 Å². The summed E-state index contributed by atoms with van der Waals surface area (Å²) in [7, 11) is 0. The van der Waals surface area contributed by atoms with E-state index in [1.165, 1.54) is 23.9 Å². The van der Waals surface area contributed by atoms with Crippen LogP contribution in [0, 0.1) is 10.1 Å². The van der Waals surface area contributed by atoms with Gasteiger partial charge in [0.25, 0.3) is 11.6 Å². The topological polar surface area (TPSA) is 88.3 Å². The monoisotopic (exact) mass is 450 g/mol. The number of nitro benzene ring substituents is 1. The summed E-state index contributed by atoms with van der Waals surface area (Å²) in [6.45, 7) is 7.01. The zero-order valence-electron chi connectivity index (χ0n) is 17.3. The molecule has 0 spiro atoms. The number of nitro groups is 1. The fraction of sp³-hybridized carbons (Fsp3) is 0.217. The summed E-state index contributed by atoms with van der Waals surface area (Å²) in [5.74, 6) is 0.523. The van der Waals surface area contributed by atoms with E-state index in [-0.39, 0.29) is 11.6 Å². The van der Waals surface area contributed by atoms with Crippen LogP contribution in [0.15, 0.2) is 71.1 Å². The zero-order valence-corrected chi connectivity index (χ0v) is 18.2. The van der Waals surface area contributed by atoms with Crippen LogP contribution in [-0.4, -0.2) is 53.7 Å². The van der Waals surface area contributed by atoms with Crippen LogP contribution in [-0.2, 0) is 4.79 Å². The summed E-state index contributed by atoms with van der Waals surface area (Å²) in [4.78, 5) is 32.0. The Kier molecular flexibility index (Phi) is 6.55. The largest absolute Gasteiger partial charge is 0.490 e. The van der Waals surface area contributed by atoms with E-state index in [0.717, 1.165) is 48.3 Å². The number of hydrogen-bond donors (Lipinski definition) is 0. The van der Waals surface area contributed by atoms with Gasteiger partial charge in [0.15, 0.2) is 5.17 Å². The summed E-state index contributed by atoms with van der Waals surface area (Å²) in [5, 5.41) is 11.5. The molecular weight excluding hydrogens is 428 g/mol. The standard InChI is InChI=1S/C23H22N4O4S/c1-2-15-31-20-9-3-17(4-10-20)16-21-22(28)24-23(32-21)26-13-11-25(12-14-26)18-5-7-19(8-6-18)27(29)30/h2-10,16H,1,11-15H2/b21-16-. The van der Waals surface area contributed by atoms with Crippen molar-refractivity contribution in [1.29, 1.82) is 0 Å². The normalized spacial score (nSPS) is 17.4. The summed E-state index contributed by atoms with van der Waals surface area (Å²) in [6, 6.07) is 14.1. The lowest BCUT2D eigenvalue weighted by Crippen LogP contribution is -2.47. The highest BCUT2D eigenvalue weighted by Crippen LogP contribution is 2.31. The Balaban J connectivity index is 1.34. The van der Waals surface area contributed by atoms with Gasteiger partial charge in [-0.25, -0.2) is 0 Å². The molecule has 32 heavy (non-hydrogen) atoms. The van der Waals surface area contributed by atoms with Gasteiger partial charge < -0.3 is 14.5 Å². The molecule has 0 atom stereocenters. The van der Waals surface area contributed by atoms with Gasteiger partial charge in [0, 0.05) is 44.0 Å². The molecule has 164 valence electrons. The average molecular weight is 451 g/mol. The van der Waals surface area contributed by atoms with Crippen molar-refractivity contribution in [2.24, 2.45) is 4.99 Å². The van der Waals surface area contributed by atoms with Gasteiger partial charge in [0.05, 0.1) is 9.83 Å². The maximum absolute atomic E-state index is 12.4. The molecule has 1 amide bonds. The molecule has 2 aliphatic rings. The first kappa shape index (κ1) is 21.6. The molecule has 2 heterocycles. The van der Waals surface area contributed by atoms with Crippen molar-refractivity contribution in [3.63, 3.8) is 0 Å². The molecular formula is C23H22N4O4S. The Morgan fingerprint density at radius 3 is 2.34 bits per heavy atom. The van der Waals surface area contributed by atoms with Gasteiger partial charge >= 0.3 is 0 Å². The molecule has 0 radical (unpaired) electrons. The van der Waals surface area contributed by atoms with Crippen molar-refractivity contribution >= 4 is 40.3 Å². The van der Waals surface area contributed by atoms with Crippen molar-refractivity contribution in [3.05, 3.63) is 81.8 Å². The second-order valence-corrected chi connectivity index (χ2v) is 8.24. The number of rotatable bonds is 6. The van der Waals surface area contributed by atoms with Gasteiger partial charge in [0.2, 0.25) is 0 Å². The minimum atomic E-state index is -0.398. The van der Waals surface area contributed by atoms with Gasteiger partial charge in [-0.3, -0.25) is 14.9 Å². The third-order valence-corrected chi connectivity index (χ3v) is 6.18. The molecule has 2 aromatic carbocycles. The van der Waals surface area contributed by atoms with Crippen molar-refractivity contribution in [2.75, 3.05) is 37.7 Å². The van der Waals surface area contributed by atoms with E-state index in [1.54, 1.807) is 18.2 Å². The third kappa shape index (κ3) is 5.00. The zero-order chi connectivity index (χ0) is 22.5. The van der Waals surface area contributed by atoms with Crippen molar-refractivity contribution < 1.29 is 14.5 Å². The molecule has 9 heteroatoms. The second-order valence-electron chi connectivity index (χ2n) is 7.23. The van der Waals surface area contributed by atoms with Crippen LogP contribution in [0.4, 0.5) is 11.4 Å². The van der Waals surface area contributed by atoms with Crippen molar-refractivity contribution in [2.45, 2.75) is 0 Å². The first-order valence-electron chi connectivity index (χ1n) is 10.1. The van der Waals surface area contributed by atoms with Crippen LogP contribution in [0.2, 0.25) is 0 Å². The Morgan fingerprint density at radius 1 is 1.06 bits per heavy atom. The van der Waals surface area contributed by atoms with Crippen LogP contribution < -0.4 is 9.64 Å². The predicted molar refractivity (Wildman–Crippen MR) is 127 cm³/mol. The van der Waals surface area contributed by atoms with E-state index in [1.807, 2.05) is 30.3 Å². The van der Waals surface area contributed by atoms with Crippen LogP contribution in [0.25, 0.3) is 6.08 Å². The summed E-state index contributed by atoms with van der Waals surface area (Å²) in [5.41, 5.74) is 1.94. The summed E-state index contributed by atoms with van der Waals surface area (Å²) < 4.78 is 5.48. The first-order valence-corrected chi connectivity index (χ1v) is 11.0. The van der Waals surface area contributed by atoms with E-state index in [9.17, 15) is 14.9 Å². The van der Waals surface area contributed by atoms with E-state index < -0.39 is 4.92 Å². The molecule has 0 saturated carbocycles. The molecule has 0 N–H and O–H groups in total. The third-order valence-electron chi connectivity index (χ3n) is 5.13. The van der Waals surface area contributed by atoms with Gasteiger partial charge in [-0.05, 0) is 47.7 Å². The Morgan fingerprint density at radius 2 is 1.72 bits per heavy atom. The number of anilines is 1. The second kappa shape index (κ2) is 9.69. The fourth-order valence-electron chi connectivity index (χ4n) is 3.44. The summed E-state index contributed by atoms with van der Waals surface area (Å²) >= 11 is 1.39. The van der Waals surface area contributed by atoms with Crippen LogP contribution in [0.5, 0.6) is 5.75 Å². The highest BCUT2D eigenvalue weighted by atomic mass is 32.2. The minimum absolute atomic E-state index is 0.0841. The molecule has 0 aliphatic carbocycles. The molecule has 4 rings (SSSR count). The van der Waals surface area contributed by atoms with Gasteiger partial charge in [-0.2, -0.15) is 4.99 Å². The van der Waals surface area contributed by atoms with Gasteiger partial charge in [0.1, 0.15) is 12.4 Å². The highest BCUT2D eigenvalue weighted by Gasteiger charge is 2.28. The first-order chi connectivity index (χ1) is 15.5. The minimum Gasteiger partial charge on any atom is -0.490 e. The summed E-state index contributed by atoms with van der Waals surface area (Å²) in [6.07, 6.45) is 3.53. The molecule has 0 aromatic heterocycles. The van der Waals surface area contributed by atoms with E-state index >= 15 is 0 Å². The fourth-order valence-corrected chi connectivity index (χ4v) is 4.41. The number of nitrogens with zero attached hydrogens (tertiary/aromatic N) is 4. The van der Waals surface area contributed by atoms with Crippen molar-refractivity contribution in [1.82, 2.24) is 4.90 Å². The number of carbonyl (C=O) groups is 1. The molecule has 0 unspecified atom stereocenters. The molecule has 2 aliphatic heterocycles. The molecule has 0 bridgehead atoms. The highest BCUT2D eigenvalue weighted by molar-refractivity contribution is 8.18. The average Bonchev–Trinajstić information content (AvgIpc) is 3.19.